The van der Waals surface area contributed by atoms with Gasteiger partial charge in [0.25, 0.3) is 0 Å². The predicted molar refractivity (Wildman–Crippen MR) is 181 cm³/mol. The van der Waals surface area contributed by atoms with Gasteiger partial charge >= 0.3 is 0 Å². The van der Waals surface area contributed by atoms with Gasteiger partial charge in [0.15, 0.2) is 0 Å². The topological polar surface area (TPSA) is 44.9 Å². The van der Waals surface area contributed by atoms with E-state index >= 15 is 0 Å². The zero-order chi connectivity index (χ0) is 30.7. The van der Waals surface area contributed by atoms with Crippen molar-refractivity contribution in [1.82, 2.24) is 19.3 Å². The molecule has 3 aromatic heterocycles. The number of para-hydroxylation sites is 1. The molecule has 5 heteroatoms. The van der Waals surface area contributed by atoms with Crippen molar-refractivity contribution in [2.45, 2.75) is 48.5 Å². The number of ether oxygens (including phenoxy) is 1. The Kier molecular flexibility index (Phi) is 6.62. The number of aromatic nitrogens is 4. The van der Waals surface area contributed by atoms with Gasteiger partial charge in [-0.3, -0.25) is 4.57 Å². The summed E-state index contributed by atoms with van der Waals surface area (Å²) in [6.07, 6.45) is 1.87. The van der Waals surface area contributed by atoms with E-state index in [1.54, 1.807) is 0 Å². The minimum absolute atomic E-state index is 0.755. The van der Waals surface area contributed by atoms with Crippen LogP contribution in [0.3, 0.4) is 0 Å². The Morgan fingerprint density at radius 3 is 2.20 bits per heavy atom. The molecule has 7 rings (SSSR count). The number of pyridine rings is 1. The summed E-state index contributed by atoms with van der Waals surface area (Å²) in [5.41, 5.74) is 14.2. The van der Waals surface area contributed by atoms with E-state index in [2.05, 4.69) is 114 Å². The number of hydrogen-bond acceptors (Lipinski definition) is 3. The van der Waals surface area contributed by atoms with Gasteiger partial charge in [-0.25, -0.2) is 9.67 Å². The van der Waals surface area contributed by atoms with E-state index in [9.17, 15) is 0 Å². The van der Waals surface area contributed by atoms with Gasteiger partial charge in [-0.15, -0.1) is 0 Å². The Labute approximate surface area is 258 Å². The Bertz CT molecular complexity index is 2230. The summed E-state index contributed by atoms with van der Waals surface area (Å²) >= 11 is 0. The lowest BCUT2D eigenvalue weighted by molar-refractivity contribution is 0.483. The maximum atomic E-state index is 6.51. The van der Waals surface area contributed by atoms with E-state index < -0.39 is 0 Å². The van der Waals surface area contributed by atoms with Crippen LogP contribution in [0, 0.1) is 48.5 Å². The van der Waals surface area contributed by atoms with Crippen molar-refractivity contribution < 1.29 is 4.74 Å². The van der Waals surface area contributed by atoms with Gasteiger partial charge < -0.3 is 4.74 Å². The van der Waals surface area contributed by atoms with E-state index in [4.69, 9.17) is 14.8 Å². The van der Waals surface area contributed by atoms with Crippen LogP contribution in [-0.2, 0) is 0 Å². The smallest absolute Gasteiger partial charge is 0.137 e. The fraction of sp³-hybridized carbons (Fsp3) is 0.179. The maximum absolute atomic E-state index is 6.51. The molecule has 0 aliphatic carbocycles. The molecule has 0 aliphatic heterocycles. The molecule has 0 radical (unpaired) electrons. The highest BCUT2D eigenvalue weighted by atomic mass is 16.5. The number of nitrogens with zero attached hydrogens (tertiary/aromatic N) is 4. The molecule has 0 bridgehead atoms. The van der Waals surface area contributed by atoms with Gasteiger partial charge in [0.1, 0.15) is 17.3 Å². The third-order valence-electron chi connectivity index (χ3n) is 8.97. The van der Waals surface area contributed by atoms with Crippen LogP contribution < -0.4 is 4.74 Å². The fourth-order valence-corrected chi connectivity index (χ4v) is 6.64. The molecule has 3 heterocycles. The fourth-order valence-electron chi connectivity index (χ4n) is 6.64. The molecule has 0 saturated carbocycles. The molecule has 0 amide bonds. The second-order valence-corrected chi connectivity index (χ2v) is 11.9. The molecule has 0 unspecified atom stereocenters. The van der Waals surface area contributed by atoms with Crippen LogP contribution >= 0.6 is 0 Å². The Hall–Kier alpha value is -5.16. The van der Waals surface area contributed by atoms with E-state index in [1.165, 1.54) is 44.3 Å². The SMILES string of the molecule is Cc1ccnc(-n2c3ccccc3c3ccc(Oc4cccc(-n5nc(C)c(-c6c(C)cc(C)c(C)c6C)c5C)c4)cc32)c1. The molecular weight excluding hydrogens is 540 g/mol. The van der Waals surface area contributed by atoms with Gasteiger partial charge in [-0.1, -0.05) is 30.3 Å². The number of hydrogen-bond donors (Lipinski definition) is 0. The van der Waals surface area contributed by atoms with E-state index in [1.807, 2.05) is 35.1 Å². The minimum atomic E-state index is 0.755. The van der Waals surface area contributed by atoms with Crippen LogP contribution in [0.1, 0.15) is 39.2 Å². The van der Waals surface area contributed by atoms with Gasteiger partial charge in [-0.05, 0) is 124 Å². The van der Waals surface area contributed by atoms with E-state index in [0.717, 1.165) is 50.8 Å². The standard InChI is InChI=1S/C39H36N4O/c1-23-17-18-40-37(19-23)42-35-14-9-8-13-33(35)34-16-15-32(22-36(34)42)44-31-12-10-11-30(21-31)43-29(7)39(28(6)41-43)38-25(3)20-24(2)26(4)27(38)5/h8-22H,1-7H3. The zero-order valence-electron chi connectivity index (χ0n) is 26.4. The van der Waals surface area contributed by atoms with Gasteiger partial charge in [0.2, 0.25) is 0 Å². The van der Waals surface area contributed by atoms with Crippen LogP contribution in [0.25, 0.3) is 44.4 Å². The summed E-state index contributed by atoms with van der Waals surface area (Å²) in [6.45, 7) is 15.2. The van der Waals surface area contributed by atoms with Crippen LogP contribution in [-0.4, -0.2) is 19.3 Å². The Morgan fingerprint density at radius 1 is 0.614 bits per heavy atom. The first kappa shape index (κ1) is 27.7. The highest BCUT2D eigenvalue weighted by molar-refractivity contribution is 6.09. The zero-order valence-corrected chi connectivity index (χ0v) is 26.4. The summed E-state index contributed by atoms with van der Waals surface area (Å²) in [5.74, 6) is 2.41. The summed E-state index contributed by atoms with van der Waals surface area (Å²) in [5, 5.41) is 7.36. The second kappa shape index (κ2) is 10.5. The number of benzene rings is 4. The van der Waals surface area contributed by atoms with E-state index in [-0.39, 0.29) is 0 Å². The lowest BCUT2D eigenvalue weighted by Crippen LogP contribution is -2.00. The average Bonchev–Trinajstić information content (AvgIpc) is 3.49. The number of rotatable bonds is 5. The van der Waals surface area contributed by atoms with Crippen LogP contribution in [0.15, 0.2) is 91.1 Å². The lowest BCUT2D eigenvalue weighted by atomic mass is 9.89. The normalized spacial score (nSPS) is 11.5. The molecule has 0 aliphatic rings. The monoisotopic (exact) mass is 576 g/mol. The van der Waals surface area contributed by atoms with Crippen molar-refractivity contribution in [2.75, 3.05) is 0 Å². The third kappa shape index (κ3) is 4.47. The van der Waals surface area contributed by atoms with Crippen molar-refractivity contribution in [3.8, 4) is 34.1 Å². The number of aryl methyl sites for hydroxylation is 4. The van der Waals surface area contributed by atoms with Crippen molar-refractivity contribution in [1.29, 1.82) is 0 Å². The van der Waals surface area contributed by atoms with Gasteiger partial charge in [0.05, 0.1) is 22.4 Å². The van der Waals surface area contributed by atoms with Crippen molar-refractivity contribution >= 4 is 21.8 Å². The molecule has 5 nitrogen and oxygen atoms in total. The van der Waals surface area contributed by atoms with Crippen LogP contribution in [0.5, 0.6) is 11.5 Å². The molecule has 44 heavy (non-hydrogen) atoms. The Balaban J connectivity index is 1.29. The molecule has 0 saturated heterocycles. The predicted octanol–water partition coefficient (Wildman–Crippen LogP) is 9.98. The first-order valence-corrected chi connectivity index (χ1v) is 15.1. The highest BCUT2D eigenvalue weighted by Crippen LogP contribution is 2.38. The first-order valence-electron chi connectivity index (χ1n) is 15.1. The molecule has 7 aromatic rings. The van der Waals surface area contributed by atoms with Crippen LogP contribution in [0.2, 0.25) is 0 Å². The quantitative estimate of drug-likeness (QED) is 0.205. The summed E-state index contributed by atoms with van der Waals surface area (Å²) in [6, 6.07) is 29.4. The van der Waals surface area contributed by atoms with Crippen molar-refractivity contribution in [3.63, 3.8) is 0 Å². The Morgan fingerprint density at radius 2 is 1.39 bits per heavy atom. The molecule has 0 fully saturated rings. The number of fused-ring (bicyclic) bond motifs is 3. The molecule has 0 spiro atoms. The lowest BCUT2D eigenvalue weighted by Gasteiger charge is -2.16. The molecule has 218 valence electrons. The largest absolute Gasteiger partial charge is 0.457 e. The summed E-state index contributed by atoms with van der Waals surface area (Å²) in [4.78, 5) is 4.71. The second-order valence-electron chi connectivity index (χ2n) is 11.9. The molecule has 0 atom stereocenters. The molecule has 0 N–H and O–H groups in total. The average molecular weight is 577 g/mol. The third-order valence-corrected chi connectivity index (χ3v) is 8.97. The molecule has 4 aromatic carbocycles. The van der Waals surface area contributed by atoms with E-state index in [0.29, 0.717) is 0 Å². The first-order chi connectivity index (χ1) is 21.2. The van der Waals surface area contributed by atoms with Gasteiger partial charge in [0, 0.05) is 40.4 Å². The van der Waals surface area contributed by atoms with Crippen LogP contribution in [0.4, 0.5) is 0 Å². The summed E-state index contributed by atoms with van der Waals surface area (Å²) in [7, 11) is 0. The van der Waals surface area contributed by atoms with Crippen molar-refractivity contribution in [2.24, 2.45) is 0 Å². The van der Waals surface area contributed by atoms with Gasteiger partial charge in [-0.2, -0.15) is 5.10 Å². The maximum Gasteiger partial charge on any atom is 0.137 e. The minimum Gasteiger partial charge on any atom is -0.457 e. The van der Waals surface area contributed by atoms with Crippen molar-refractivity contribution in [3.05, 3.63) is 130 Å². The summed E-state index contributed by atoms with van der Waals surface area (Å²) < 4.78 is 10.8. The molecular formula is C39H36N4O. The highest BCUT2D eigenvalue weighted by Gasteiger charge is 2.20.